The minimum Gasteiger partial charge on any atom is -0.310 e. The van der Waals surface area contributed by atoms with Crippen LogP contribution in [-0.2, 0) is 6.54 Å². The van der Waals surface area contributed by atoms with Gasteiger partial charge in [-0.2, -0.15) is 0 Å². The fraction of sp³-hybridized carbons (Fsp3) is 0.625. The van der Waals surface area contributed by atoms with E-state index in [1.165, 1.54) is 44.1 Å². The van der Waals surface area contributed by atoms with Crippen molar-refractivity contribution in [1.29, 1.82) is 0 Å². The normalized spacial score (nSPS) is 23.5. The quantitative estimate of drug-likeness (QED) is 0.738. The highest BCUT2D eigenvalue weighted by Gasteiger charge is 2.19. The first-order chi connectivity index (χ1) is 9.19. The van der Waals surface area contributed by atoms with E-state index >= 15 is 0 Å². The lowest BCUT2D eigenvalue weighted by Gasteiger charge is -2.29. The molecule has 1 N–H and O–H groups in total. The summed E-state index contributed by atoms with van der Waals surface area (Å²) in [6.45, 7) is 3.22. The van der Waals surface area contributed by atoms with Gasteiger partial charge in [0.25, 0.3) is 0 Å². The first-order valence-electron chi connectivity index (χ1n) is 7.36. The highest BCUT2D eigenvalue weighted by Crippen LogP contribution is 2.28. The van der Waals surface area contributed by atoms with Crippen molar-refractivity contribution in [2.24, 2.45) is 5.92 Å². The Kier molecular flexibility index (Phi) is 6.18. The van der Waals surface area contributed by atoms with Crippen molar-refractivity contribution < 1.29 is 0 Å². The third kappa shape index (κ3) is 4.77. The van der Waals surface area contributed by atoms with Crippen LogP contribution < -0.4 is 5.32 Å². The van der Waals surface area contributed by atoms with Crippen LogP contribution in [0.3, 0.4) is 0 Å². The molecular weight excluding hydrogens is 322 g/mol. The van der Waals surface area contributed by atoms with Crippen LogP contribution >= 0.6 is 27.5 Å². The van der Waals surface area contributed by atoms with E-state index in [1.54, 1.807) is 0 Å². The SMILES string of the molecule is CCCC1CCC(NCc2ccc(Br)c(Cl)c2)CC1. The van der Waals surface area contributed by atoms with Gasteiger partial charge in [-0.05, 0) is 65.2 Å². The number of halogens is 2. The molecule has 1 fully saturated rings. The fourth-order valence-electron chi connectivity index (χ4n) is 2.98. The molecule has 3 heteroatoms. The summed E-state index contributed by atoms with van der Waals surface area (Å²) in [5.41, 5.74) is 1.27. The molecule has 19 heavy (non-hydrogen) atoms. The molecule has 0 amide bonds. The average molecular weight is 345 g/mol. The predicted octanol–water partition coefficient (Wildman–Crippen LogP) is 5.55. The van der Waals surface area contributed by atoms with Crippen LogP contribution in [0.5, 0.6) is 0 Å². The Bertz CT molecular complexity index is 400. The second kappa shape index (κ2) is 7.66. The molecule has 1 aliphatic carbocycles. The van der Waals surface area contributed by atoms with E-state index in [2.05, 4.69) is 34.2 Å². The molecule has 1 aliphatic rings. The molecule has 0 bridgehead atoms. The molecule has 1 aromatic carbocycles. The Morgan fingerprint density at radius 2 is 2.00 bits per heavy atom. The maximum absolute atomic E-state index is 6.11. The number of rotatable bonds is 5. The van der Waals surface area contributed by atoms with Crippen LogP contribution in [0, 0.1) is 5.92 Å². The second-order valence-corrected chi connectivity index (χ2v) is 6.90. The average Bonchev–Trinajstić information content (AvgIpc) is 2.42. The van der Waals surface area contributed by atoms with Gasteiger partial charge in [0.05, 0.1) is 5.02 Å². The summed E-state index contributed by atoms with van der Waals surface area (Å²) >= 11 is 9.54. The van der Waals surface area contributed by atoms with E-state index in [-0.39, 0.29) is 0 Å². The second-order valence-electron chi connectivity index (χ2n) is 5.64. The Morgan fingerprint density at radius 3 is 2.63 bits per heavy atom. The third-order valence-electron chi connectivity index (χ3n) is 4.12. The van der Waals surface area contributed by atoms with E-state index in [9.17, 15) is 0 Å². The van der Waals surface area contributed by atoms with Crippen LogP contribution in [0.25, 0.3) is 0 Å². The lowest BCUT2D eigenvalue weighted by Crippen LogP contribution is -2.32. The molecule has 0 heterocycles. The van der Waals surface area contributed by atoms with Crippen LogP contribution in [0.2, 0.25) is 5.02 Å². The largest absolute Gasteiger partial charge is 0.310 e. The number of hydrogen-bond acceptors (Lipinski definition) is 1. The summed E-state index contributed by atoms with van der Waals surface area (Å²) in [6, 6.07) is 6.89. The molecule has 0 aliphatic heterocycles. The molecule has 0 saturated heterocycles. The maximum Gasteiger partial charge on any atom is 0.0551 e. The van der Waals surface area contributed by atoms with Crippen molar-refractivity contribution in [3.63, 3.8) is 0 Å². The lowest BCUT2D eigenvalue weighted by molar-refractivity contribution is 0.277. The number of nitrogens with one attached hydrogen (secondary N) is 1. The van der Waals surface area contributed by atoms with Gasteiger partial charge in [0, 0.05) is 17.1 Å². The third-order valence-corrected chi connectivity index (χ3v) is 5.36. The Labute approximate surface area is 130 Å². The Hall–Kier alpha value is -0.0500. The fourth-order valence-corrected chi connectivity index (χ4v) is 3.43. The van der Waals surface area contributed by atoms with E-state index in [1.807, 2.05) is 12.1 Å². The standard InChI is InChI=1S/C16H23BrClN/c1-2-3-12-4-7-14(8-5-12)19-11-13-6-9-15(17)16(18)10-13/h6,9-10,12,14,19H,2-5,7-8,11H2,1H3. The van der Waals surface area contributed by atoms with Crippen molar-refractivity contribution in [2.75, 3.05) is 0 Å². The minimum absolute atomic E-state index is 0.690. The van der Waals surface area contributed by atoms with E-state index < -0.39 is 0 Å². The highest BCUT2D eigenvalue weighted by molar-refractivity contribution is 9.10. The van der Waals surface area contributed by atoms with Gasteiger partial charge in [-0.3, -0.25) is 0 Å². The van der Waals surface area contributed by atoms with Gasteiger partial charge < -0.3 is 5.32 Å². The van der Waals surface area contributed by atoms with Crippen molar-refractivity contribution in [3.05, 3.63) is 33.3 Å². The number of hydrogen-bond donors (Lipinski definition) is 1. The zero-order valence-corrected chi connectivity index (χ0v) is 13.9. The Morgan fingerprint density at radius 1 is 1.26 bits per heavy atom. The maximum atomic E-state index is 6.11. The van der Waals surface area contributed by atoms with Crippen molar-refractivity contribution in [2.45, 2.75) is 58.0 Å². The zero-order valence-electron chi connectivity index (χ0n) is 11.6. The molecule has 106 valence electrons. The molecule has 0 radical (unpaired) electrons. The summed E-state index contributed by atoms with van der Waals surface area (Å²) in [5, 5.41) is 4.47. The smallest absolute Gasteiger partial charge is 0.0551 e. The summed E-state index contributed by atoms with van der Waals surface area (Å²) in [5.74, 6) is 0.977. The van der Waals surface area contributed by atoms with Crippen LogP contribution in [0.15, 0.2) is 22.7 Å². The van der Waals surface area contributed by atoms with Gasteiger partial charge in [0.1, 0.15) is 0 Å². The summed E-state index contributed by atoms with van der Waals surface area (Å²) in [4.78, 5) is 0. The summed E-state index contributed by atoms with van der Waals surface area (Å²) < 4.78 is 0.970. The molecule has 0 aromatic heterocycles. The van der Waals surface area contributed by atoms with E-state index in [0.29, 0.717) is 6.04 Å². The van der Waals surface area contributed by atoms with Crippen LogP contribution in [0.1, 0.15) is 51.0 Å². The van der Waals surface area contributed by atoms with Crippen molar-refractivity contribution in [1.82, 2.24) is 5.32 Å². The van der Waals surface area contributed by atoms with Gasteiger partial charge in [-0.25, -0.2) is 0 Å². The Balaban J connectivity index is 1.75. The van der Waals surface area contributed by atoms with E-state index in [4.69, 9.17) is 11.6 Å². The molecule has 1 aromatic rings. The summed E-state index contributed by atoms with van der Waals surface area (Å²) in [7, 11) is 0. The predicted molar refractivity (Wildman–Crippen MR) is 86.6 cm³/mol. The first kappa shape index (κ1) is 15.3. The van der Waals surface area contributed by atoms with Crippen LogP contribution in [0.4, 0.5) is 0 Å². The minimum atomic E-state index is 0.690. The molecule has 0 atom stereocenters. The van der Waals surface area contributed by atoms with Crippen molar-refractivity contribution in [3.8, 4) is 0 Å². The van der Waals surface area contributed by atoms with Gasteiger partial charge in [-0.15, -0.1) is 0 Å². The van der Waals surface area contributed by atoms with Gasteiger partial charge in [0.15, 0.2) is 0 Å². The molecule has 1 saturated carbocycles. The highest BCUT2D eigenvalue weighted by atomic mass is 79.9. The molecule has 1 nitrogen and oxygen atoms in total. The zero-order chi connectivity index (χ0) is 13.7. The van der Waals surface area contributed by atoms with Gasteiger partial charge in [0.2, 0.25) is 0 Å². The molecule has 2 rings (SSSR count). The number of benzene rings is 1. The topological polar surface area (TPSA) is 12.0 Å². The molecule has 0 spiro atoms. The van der Waals surface area contributed by atoms with Crippen molar-refractivity contribution >= 4 is 27.5 Å². The lowest BCUT2D eigenvalue weighted by atomic mass is 9.83. The van der Waals surface area contributed by atoms with Gasteiger partial charge in [-0.1, -0.05) is 37.4 Å². The van der Waals surface area contributed by atoms with Crippen LogP contribution in [-0.4, -0.2) is 6.04 Å². The first-order valence-corrected chi connectivity index (χ1v) is 8.53. The van der Waals surface area contributed by atoms with E-state index in [0.717, 1.165) is 22.0 Å². The summed E-state index contributed by atoms with van der Waals surface area (Å²) in [6.07, 6.45) is 8.19. The molecule has 0 unspecified atom stereocenters. The van der Waals surface area contributed by atoms with Gasteiger partial charge >= 0.3 is 0 Å². The molecular formula is C16H23BrClN. The monoisotopic (exact) mass is 343 g/mol.